The monoisotopic (exact) mass is 339 g/mol. The Bertz CT molecular complexity index is 937. The van der Waals surface area contributed by atoms with E-state index in [0.717, 1.165) is 11.5 Å². The van der Waals surface area contributed by atoms with E-state index >= 15 is 0 Å². The highest BCUT2D eigenvalue weighted by atomic mass is 16.5. The zero-order valence-electron chi connectivity index (χ0n) is 13.7. The lowest BCUT2D eigenvalue weighted by molar-refractivity contribution is 0.0915. The standard InChI is InChI=1S/C16H17N7O2/c1-17-15-6-14-21-13-5-10(18-9-19-13)8-25-4-2-3-12(24)11-7-20-23(15)16(11)22-14/h5-7,9,17H,2-4,8H2,1H3,(H,18,19,21,22). The van der Waals surface area contributed by atoms with Gasteiger partial charge in [-0.1, -0.05) is 0 Å². The summed E-state index contributed by atoms with van der Waals surface area (Å²) >= 11 is 0. The first-order valence-corrected chi connectivity index (χ1v) is 8.00. The van der Waals surface area contributed by atoms with Gasteiger partial charge in [0, 0.05) is 32.2 Å². The molecule has 0 saturated heterocycles. The van der Waals surface area contributed by atoms with Crippen LogP contribution in [0.25, 0.3) is 5.65 Å². The molecule has 4 heterocycles. The van der Waals surface area contributed by atoms with E-state index in [1.54, 1.807) is 23.8 Å². The molecular weight excluding hydrogens is 322 g/mol. The number of nitrogens with zero attached hydrogens (tertiary/aromatic N) is 5. The van der Waals surface area contributed by atoms with Crippen molar-refractivity contribution in [3.8, 4) is 0 Å². The fraction of sp³-hybridized carbons (Fsp3) is 0.312. The quantitative estimate of drug-likeness (QED) is 0.691. The van der Waals surface area contributed by atoms with Gasteiger partial charge in [0.25, 0.3) is 0 Å². The fourth-order valence-electron chi connectivity index (χ4n) is 2.72. The molecular formula is C16H17N7O2. The van der Waals surface area contributed by atoms with Crippen LogP contribution in [0.4, 0.5) is 17.5 Å². The van der Waals surface area contributed by atoms with Crippen LogP contribution < -0.4 is 10.6 Å². The van der Waals surface area contributed by atoms with Crippen molar-refractivity contribution >= 4 is 28.9 Å². The van der Waals surface area contributed by atoms with Gasteiger partial charge in [0.05, 0.1) is 24.1 Å². The first-order chi connectivity index (χ1) is 12.2. The lowest BCUT2D eigenvalue weighted by Gasteiger charge is -2.11. The van der Waals surface area contributed by atoms with Gasteiger partial charge in [0.2, 0.25) is 0 Å². The number of nitrogens with one attached hydrogen (secondary N) is 2. The number of anilines is 3. The van der Waals surface area contributed by atoms with E-state index in [-0.39, 0.29) is 5.78 Å². The van der Waals surface area contributed by atoms with Crippen LogP contribution in [-0.4, -0.2) is 44.0 Å². The molecule has 0 saturated carbocycles. The smallest absolute Gasteiger partial charge is 0.170 e. The van der Waals surface area contributed by atoms with E-state index in [4.69, 9.17) is 4.74 Å². The van der Waals surface area contributed by atoms with Crippen molar-refractivity contribution in [3.05, 3.63) is 35.9 Å². The Kier molecular flexibility index (Phi) is 3.98. The lowest BCUT2D eigenvalue weighted by Crippen LogP contribution is -2.08. The van der Waals surface area contributed by atoms with Gasteiger partial charge in [0.15, 0.2) is 11.4 Å². The molecule has 0 unspecified atom stereocenters. The van der Waals surface area contributed by atoms with Crippen molar-refractivity contribution in [3.63, 3.8) is 0 Å². The molecule has 4 rings (SSSR count). The second-order valence-corrected chi connectivity index (χ2v) is 5.67. The minimum atomic E-state index is -0.00265. The summed E-state index contributed by atoms with van der Waals surface area (Å²) in [6, 6.07) is 3.62. The van der Waals surface area contributed by atoms with Crippen molar-refractivity contribution in [2.24, 2.45) is 0 Å². The summed E-state index contributed by atoms with van der Waals surface area (Å²) in [4.78, 5) is 25.5. The molecule has 9 heteroatoms. The Morgan fingerprint density at radius 2 is 2.20 bits per heavy atom. The third-order valence-electron chi connectivity index (χ3n) is 3.95. The number of hydrogen-bond acceptors (Lipinski definition) is 8. The van der Waals surface area contributed by atoms with E-state index in [1.807, 2.05) is 6.07 Å². The molecule has 2 N–H and O–H groups in total. The third-order valence-corrected chi connectivity index (χ3v) is 3.95. The van der Waals surface area contributed by atoms with E-state index in [0.29, 0.717) is 48.9 Å². The molecule has 1 aliphatic rings. The normalized spacial score (nSPS) is 15.0. The minimum Gasteiger partial charge on any atom is -0.375 e. The first-order valence-electron chi connectivity index (χ1n) is 8.00. The maximum absolute atomic E-state index is 12.5. The molecule has 3 aromatic heterocycles. The zero-order chi connectivity index (χ0) is 17.2. The average molecular weight is 339 g/mol. The second-order valence-electron chi connectivity index (χ2n) is 5.67. The summed E-state index contributed by atoms with van der Waals surface area (Å²) in [5.74, 6) is 1.89. The van der Waals surface area contributed by atoms with Crippen molar-refractivity contribution in [1.82, 2.24) is 24.6 Å². The largest absolute Gasteiger partial charge is 0.375 e. The Balaban J connectivity index is 1.85. The highest BCUT2D eigenvalue weighted by Gasteiger charge is 2.17. The van der Waals surface area contributed by atoms with Crippen LogP contribution in [0.5, 0.6) is 0 Å². The van der Waals surface area contributed by atoms with Crippen molar-refractivity contribution in [2.45, 2.75) is 19.4 Å². The van der Waals surface area contributed by atoms with Gasteiger partial charge in [-0.3, -0.25) is 4.79 Å². The minimum absolute atomic E-state index is 0.00265. The van der Waals surface area contributed by atoms with Crippen LogP contribution in [0.3, 0.4) is 0 Å². The van der Waals surface area contributed by atoms with Crippen LogP contribution in [0.15, 0.2) is 24.7 Å². The highest BCUT2D eigenvalue weighted by Crippen LogP contribution is 2.22. The van der Waals surface area contributed by atoms with Gasteiger partial charge >= 0.3 is 0 Å². The molecule has 9 nitrogen and oxygen atoms in total. The Labute approximate surface area is 143 Å². The topological polar surface area (TPSA) is 106 Å². The number of hydrogen-bond donors (Lipinski definition) is 2. The second kappa shape index (κ2) is 6.44. The number of carbonyl (C=O) groups excluding carboxylic acids is 1. The maximum Gasteiger partial charge on any atom is 0.170 e. The molecule has 0 spiro atoms. The molecule has 0 fully saturated rings. The summed E-state index contributed by atoms with van der Waals surface area (Å²) in [6.45, 7) is 0.858. The molecule has 0 atom stereocenters. The Morgan fingerprint density at radius 1 is 1.28 bits per heavy atom. The van der Waals surface area contributed by atoms with Gasteiger partial charge in [0.1, 0.15) is 23.8 Å². The van der Waals surface area contributed by atoms with E-state index < -0.39 is 0 Å². The molecule has 3 aromatic rings. The van der Waals surface area contributed by atoms with E-state index in [9.17, 15) is 4.79 Å². The predicted molar refractivity (Wildman–Crippen MR) is 91.1 cm³/mol. The number of ketones is 1. The summed E-state index contributed by atoms with van der Waals surface area (Å²) in [5.41, 5.74) is 1.77. The number of ether oxygens (including phenoxy) is 1. The van der Waals surface area contributed by atoms with Gasteiger partial charge in [-0.15, -0.1) is 0 Å². The zero-order valence-corrected chi connectivity index (χ0v) is 13.7. The van der Waals surface area contributed by atoms with Crippen LogP contribution in [-0.2, 0) is 11.3 Å². The van der Waals surface area contributed by atoms with Crippen LogP contribution >= 0.6 is 0 Å². The summed E-state index contributed by atoms with van der Waals surface area (Å²) in [6.07, 6.45) is 4.05. The Hall–Kier alpha value is -3.07. The van der Waals surface area contributed by atoms with Gasteiger partial charge in [-0.2, -0.15) is 9.61 Å². The number of rotatable bonds is 1. The SMILES string of the molecule is CNc1cc2nc3c(cnn13)C(=O)CCCOCc1cc(ncn1)N2. The van der Waals surface area contributed by atoms with Gasteiger partial charge in [-0.05, 0) is 6.42 Å². The molecule has 128 valence electrons. The number of Topliss-reactive ketones (excluding diaryl/α,β-unsaturated/α-hetero) is 1. The highest BCUT2D eigenvalue weighted by molar-refractivity contribution is 6.01. The third kappa shape index (κ3) is 3.01. The molecule has 25 heavy (non-hydrogen) atoms. The van der Waals surface area contributed by atoms with Gasteiger partial charge in [-0.25, -0.2) is 15.0 Å². The van der Waals surface area contributed by atoms with E-state index in [2.05, 4.69) is 30.7 Å². The van der Waals surface area contributed by atoms with E-state index in [1.165, 1.54) is 6.33 Å². The first kappa shape index (κ1) is 15.5. The molecule has 1 aliphatic heterocycles. The van der Waals surface area contributed by atoms with Crippen molar-refractivity contribution < 1.29 is 9.53 Å². The summed E-state index contributed by atoms with van der Waals surface area (Å²) in [7, 11) is 1.79. The predicted octanol–water partition coefficient (Wildman–Crippen LogP) is 1.80. The molecule has 0 amide bonds. The molecule has 0 aromatic carbocycles. The maximum atomic E-state index is 12.5. The lowest BCUT2D eigenvalue weighted by atomic mass is 10.1. The van der Waals surface area contributed by atoms with Crippen molar-refractivity contribution in [2.75, 3.05) is 24.3 Å². The van der Waals surface area contributed by atoms with Crippen LogP contribution in [0, 0.1) is 0 Å². The molecule has 0 aliphatic carbocycles. The summed E-state index contributed by atoms with van der Waals surface area (Å²) in [5, 5.41) is 10.5. The van der Waals surface area contributed by atoms with Crippen LogP contribution in [0.1, 0.15) is 28.9 Å². The summed E-state index contributed by atoms with van der Waals surface area (Å²) < 4.78 is 7.21. The van der Waals surface area contributed by atoms with Crippen LogP contribution in [0.2, 0.25) is 0 Å². The molecule has 4 bridgehead atoms. The fourth-order valence-corrected chi connectivity index (χ4v) is 2.72. The van der Waals surface area contributed by atoms with Crippen molar-refractivity contribution in [1.29, 1.82) is 0 Å². The molecule has 0 radical (unpaired) electrons. The average Bonchev–Trinajstić information content (AvgIpc) is 3.04. The van der Waals surface area contributed by atoms with Gasteiger partial charge < -0.3 is 15.4 Å². The number of carbonyl (C=O) groups is 1. The number of aromatic nitrogens is 5. The Morgan fingerprint density at radius 3 is 3.08 bits per heavy atom. The number of fused-ring (bicyclic) bond motifs is 3.